The molecule has 1 aromatic rings. The van der Waals surface area contributed by atoms with Crippen LogP contribution in [-0.4, -0.2) is 11.1 Å². The zero-order chi connectivity index (χ0) is 10.5. The predicted molar refractivity (Wildman–Crippen MR) is 60.3 cm³/mol. The number of rotatable bonds is 3. The number of hydrogen-bond acceptors (Lipinski definition) is 3. The number of nitrogens with zero attached hydrogens (tertiary/aromatic N) is 1. The van der Waals surface area contributed by atoms with Crippen LogP contribution in [-0.2, 0) is 11.3 Å². The van der Waals surface area contributed by atoms with Crippen LogP contribution in [0.1, 0.15) is 37.7 Å². The molecule has 1 saturated carbocycles. The van der Waals surface area contributed by atoms with Crippen LogP contribution in [0, 0.1) is 0 Å². The maximum Gasteiger partial charge on any atom is 0.123 e. The molecule has 82 valence electrons. The van der Waals surface area contributed by atoms with E-state index < -0.39 is 0 Å². The van der Waals surface area contributed by atoms with E-state index in [0.29, 0.717) is 18.5 Å². The summed E-state index contributed by atoms with van der Waals surface area (Å²) in [4.78, 5) is 4.04. The number of nitrogen functional groups attached to an aromatic ring is 1. The molecule has 0 saturated heterocycles. The molecule has 0 bridgehead atoms. The summed E-state index contributed by atoms with van der Waals surface area (Å²) in [5.41, 5.74) is 6.62. The molecule has 15 heavy (non-hydrogen) atoms. The lowest BCUT2D eigenvalue weighted by atomic mass is 9.98. The van der Waals surface area contributed by atoms with Gasteiger partial charge in [0.05, 0.1) is 12.7 Å². The van der Waals surface area contributed by atoms with Gasteiger partial charge in [0.25, 0.3) is 0 Å². The third-order valence-corrected chi connectivity index (χ3v) is 2.89. The standard InChI is InChI=1S/C12H18N2O/c13-12-7-6-10(8-14-12)9-15-11-4-2-1-3-5-11/h6-8,11H,1-5,9H2,(H2,13,14). The highest BCUT2D eigenvalue weighted by molar-refractivity contribution is 5.28. The van der Waals surface area contributed by atoms with Crippen molar-refractivity contribution in [1.29, 1.82) is 0 Å². The van der Waals surface area contributed by atoms with Crippen molar-refractivity contribution in [2.24, 2.45) is 0 Å². The molecule has 0 unspecified atom stereocenters. The van der Waals surface area contributed by atoms with E-state index in [1.54, 1.807) is 6.20 Å². The summed E-state index contributed by atoms with van der Waals surface area (Å²) in [6.45, 7) is 0.665. The molecule has 1 heterocycles. The predicted octanol–water partition coefficient (Wildman–Crippen LogP) is 2.51. The first-order valence-electron chi connectivity index (χ1n) is 5.66. The first-order chi connectivity index (χ1) is 7.34. The number of ether oxygens (including phenoxy) is 1. The van der Waals surface area contributed by atoms with Gasteiger partial charge < -0.3 is 10.5 Å². The van der Waals surface area contributed by atoms with Gasteiger partial charge in [0.2, 0.25) is 0 Å². The molecule has 3 heteroatoms. The van der Waals surface area contributed by atoms with Crippen LogP contribution in [0.5, 0.6) is 0 Å². The van der Waals surface area contributed by atoms with Crippen LogP contribution in [0.25, 0.3) is 0 Å². The molecule has 1 aliphatic rings. The Morgan fingerprint density at radius 3 is 2.73 bits per heavy atom. The van der Waals surface area contributed by atoms with E-state index in [1.807, 2.05) is 12.1 Å². The van der Waals surface area contributed by atoms with Gasteiger partial charge in [0, 0.05) is 6.20 Å². The lowest BCUT2D eigenvalue weighted by Gasteiger charge is -2.21. The molecule has 0 amide bonds. The van der Waals surface area contributed by atoms with Gasteiger partial charge in [-0.25, -0.2) is 4.98 Å². The number of pyridine rings is 1. The van der Waals surface area contributed by atoms with E-state index in [9.17, 15) is 0 Å². The van der Waals surface area contributed by atoms with E-state index in [4.69, 9.17) is 10.5 Å². The topological polar surface area (TPSA) is 48.1 Å². The van der Waals surface area contributed by atoms with Crippen molar-refractivity contribution in [3.05, 3.63) is 23.9 Å². The second-order valence-electron chi connectivity index (χ2n) is 4.16. The molecule has 1 aromatic heterocycles. The summed E-state index contributed by atoms with van der Waals surface area (Å²) < 4.78 is 5.83. The summed E-state index contributed by atoms with van der Waals surface area (Å²) in [7, 11) is 0. The molecular weight excluding hydrogens is 188 g/mol. The molecule has 3 nitrogen and oxygen atoms in total. The van der Waals surface area contributed by atoms with Crippen molar-refractivity contribution in [3.63, 3.8) is 0 Å². The maximum atomic E-state index is 5.83. The molecule has 2 rings (SSSR count). The lowest BCUT2D eigenvalue weighted by molar-refractivity contribution is 0.0167. The van der Waals surface area contributed by atoms with Crippen molar-refractivity contribution >= 4 is 5.82 Å². The van der Waals surface area contributed by atoms with Gasteiger partial charge in [-0.3, -0.25) is 0 Å². The minimum absolute atomic E-state index is 0.455. The first-order valence-corrected chi connectivity index (χ1v) is 5.66. The Kier molecular flexibility index (Phi) is 3.56. The molecule has 0 aliphatic heterocycles. The first kappa shape index (κ1) is 10.4. The fourth-order valence-electron chi connectivity index (χ4n) is 1.97. The highest BCUT2D eigenvalue weighted by atomic mass is 16.5. The quantitative estimate of drug-likeness (QED) is 0.826. The van der Waals surface area contributed by atoms with Crippen LogP contribution in [0.4, 0.5) is 5.82 Å². The van der Waals surface area contributed by atoms with Gasteiger partial charge in [-0.05, 0) is 24.5 Å². The number of nitrogens with two attached hydrogens (primary N) is 1. The van der Waals surface area contributed by atoms with E-state index >= 15 is 0 Å². The van der Waals surface area contributed by atoms with Crippen LogP contribution >= 0.6 is 0 Å². The molecule has 0 atom stereocenters. The average Bonchev–Trinajstić information content (AvgIpc) is 2.30. The van der Waals surface area contributed by atoms with Crippen LogP contribution in [0.3, 0.4) is 0 Å². The Balaban J connectivity index is 1.79. The summed E-state index contributed by atoms with van der Waals surface area (Å²) >= 11 is 0. The largest absolute Gasteiger partial charge is 0.384 e. The minimum Gasteiger partial charge on any atom is -0.384 e. The third-order valence-electron chi connectivity index (χ3n) is 2.89. The summed E-state index contributed by atoms with van der Waals surface area (Å²) in [6, 6.07) is 3.80. The van der Waals surface area contributed by atoms with Gasteiger partial charge in [-0.1, -0.05) is 25.3 Å². The molecule has 0 radical (unpaired) electrons. The Morgan fingerprint density at radius 2 is 2.07 bits per heavy atom. The van der Waals surface area contributed by atoms with Gasteiger partial charge >= 0.3 is 0 Å². The third kappa shape index (κ3) is 3.20. The number of anilines is 1. The molecule has 1 fully saturated rings. The normalized spacial score (nSPS) is 17.9. The fraction of sp³-hybridized carbons (Fsp3) is 0.583. The Bertz CT molecular complexity index is 291. The van der Waals surface area contributed by atoms with E-state index in [1.165, 1.54) is 32.1 Å². The van der Waals surface area contributed by atoms with E-state index in [-0.39, 0.29) is 0 Å². The summed E-state index contributed by atoms with van der Waals surface area (Å²) in [5, 5.41) is 0. The van der Waals surface area contributed by atoms with Crippen LogP contribution < -0.4 is 5.73 Å². The van der Waals surface area contributed by atoms with Crippen molar-refractivity contribution < 1.29 is 4.74 Å². The minimum atomic E-state index is 0.455. The molecule has 0 aromatic carbocycles. The van der Waals surface area contributed by atoms with Gasteiger partial charge in [0.1, 0.15) is 5.82 Å². The van der Waals surface area contributed by atoms with Crippen molar-refractivity contribution in [2.75, 3.05) is 5.73 Å². The number of aromatic nitrogens is 1. The summed E-state index contributed by atoms with van der Waals surface area (Å²) in [5.74, 6) is 0.566. The second kappa shape index (κ2) is 5.12. The zero-order valence-corrected chi connectivity index (χ0v) is 8.98. The lowest BCUT2D eigenvalue weighted by Crippen LogP contribution is -2.16. The Hall–Kier alpha value is -1.09. The maximum absolute atomic E-state index is 5.83. The molecule has 0 spiro atoms. The highest BCUT2D eigenvalue weighted by Gasteiger charge is 2.13. The average molecular weight is 206 g/mol. The zero-order valence-electron chi connectivity index (χ0n) is 8.98. The highest BCUT2D eigenvalue weighted by Crippen LogP contribution is 2.21. The van der Waals surface area contributed by atoms with Crippen LogP contribution in [0.2, 0.25) is 0 Å². The Labute approximate surface area is 90.7 Å². The second-order valence-corrected chi connectivity index (χ2v) is 4.16. The van der Waals surface area contributed by atoms with Gasteiger partial charge in [-0.2, -0.15) is 0 Å². The molecule has 2 N–H and O–H groups in total. The van der Waals surface area contributed by atoms with E-state index in [2.05, 4.69) is 4.98 Å². The Morgan fingerprint density at radius 1 is 1.27 bits per heavy atom. The number of hydrogen-bond donors (Lipinski definition) is 1. The smallest absolute Gasteiger partial charge is 0.123 e. The van der Waals surface area contributed by atoms with E-state index in [0.717, 1.165) is 5.56 Å². The monoisotopic (exact) mass is 206 g/mol. The molecular formula is C12H18N2O. The summed E-state index contributed by atoms with van der Waals surface area (Å²) in [6.07, 6.45) is 8.65. The van der Waals surface area contributed by atoms with Crippen molar-refractivity contribution in [2.45, 2.75) is 44.8 Å². The SMILES string of the molecule is Nc1ccc(COC2CCCCC2)cn1. The van der Waals surface area contributed by atoms with Gasteiger partial charge in [0.15, 0.2) is 0 Å². The van der Waals surface area contributed by atoms with Crippen molar-refractivity contribution in [3.8, 4) is 0 Å². The van der Waals surface area contributed by atoms with Crippen molar-refractivity contribution in [1.82, 2.24) is 4.98 Å². The fourth-order valence-corrected chi connectivity index (χ4v) is 1.97. The molecule has 1 aliphatic carbocycles. The van der Waals surface area contributed by atoms with Crippen LogP contribution in [0.15, 0.2) is 18.3 Å². The van der Waals surface area contributed by atoms with Gasteiger partial charge in [-0.15, -0.1) is 0 Å².